The summed E-state index contributed by atoms with van der Waals surface area (Å²) < 4.78 is 25.5. The largest absolute Gasteiger partial charge is 0.338 e. The molecule has 1 fully saturated rings. The van der Waals surface area contributed by atoms with E-state index in [1.165, 1.54) is 0 Å². The molecule has 0 spiro atoms. The lowest BCUT2D eigenvalue weighted by molar-refractivity contribution is 0.0766. The molecule has 1 amide bonds. The van der Waals surface area contributed by atoms with E-state index in [0.717, 1.165) is 11.1 Å². The van der Waals surface area contributed by atoms with Crippen molar-refractivity contribution >= 4 is 27.3 Å². The zero-order chi connectivity index (χ0) is 18.9. The summed E-state index contributed by atoms with van der Waals surface area (Å²) in [6.07, 6.45) is 0.350. The summed E-state index contributed by atoms with van der Waals surface area (Å²) >= 11 is 6.22. The van der Waals surface area contributed by atoms with Crippen molar-refractivity contribution in [3.05, 3.63) is 69.7 Å². The van der Waals surface area contributed by atoms with Crippen molar-refractivity contribution in [1.29, 1.82) is 0 Å². The molecule has 0 N–H and O–H groups in total. The number of aryl methyl sites for hydroxylation is 2. The molecule has 0 aliphatic carbocycles. The van der Waals surface area contributed by atoms with Crippen molar-refractivity contribution < 1.29 is 13.2 Å². The van der Waals surface area contributed by atoms with Crippen LogP contribution in [0.3, 0.4) is 0 Å². The summed E-state index contributed by atoms with van der Waals surface area (Å²) in [5.74, 6) is -0.178. The number of hydrogen-bond acceptors (Lipinski definition) is 3. The summed E-state index contributed by atoms with van der Waals surface area (Å²) in [4.78, 5) is 14.5. The zero-order valence-corrected chi connectivity index (χ0v) is 16.5. The summed E-state index contributed by atoms with van der Waals surface area (Å²) in [6, 6.07) is 12.6. The lowest BCUT2D eigenvalue weighted by Gasteiger charge is -2.20. The van der Waals surface area contributed by atoms with Gasteiger partial charge in [0.25, 0.3) is 5.91 Å². The van der Waals surface area contributed by atoms with E-state index in [-0.39, 0.29) is 18.2 Å². The topological polar surface area (TPSA) is 54.5 Å². The van der Waals surface area contributed by atoms with Crippen LogP contribution >= 0.6 is 11.6 Å². The SMILES string of the molecule is Cc1ccc(C(=O)N2CCC(c3ccccc3Cl)S(=O)(=O)CC2)cc1C. The molecule has 1 heterocycles. The van der Waals surface area contributed by atoms with Crippen LogP contribution in [0.15, 0.2) is 42.5 Å². The van der Waals surface area contributed by atoms with Crippen molar-refractivity contribution in [2.75, 3.05) is 18.8 Å². The third-order valence-electron chi connectivity index (χ3n) is 5.03. The van der Waals surface area contributed by atoms with Gasteiger partial charge in [0.1, 0.15) is 0 Å². The van der Waals surface area contributed by atoms with Crippen molar-refractivity contribution in [2.45, 2.75) is 25.5 Å². The molecular formula is C20H22ClNO3S. The first-order chi connectivity index (χ1) is 12.3. The number of nitrogens with zero attached hydrogens (tertiary/aromatic N) is 1. The summed E-state index contributed by atoms with van der Waals surface area (Å²) in [6.45, 7) is 4.55. The van der Waals surface area contributed by atoms with Gasteiger partial charge in [0.15, 0.2) is 9.84 Å². The monoisotopic (exact) mass is 391 g/mol. The van der Waals surface area contributed by atoms with E-state index in [4.69, 9.17) is 11.6 Å². The molecule has 2 aromatic rings. The number of amides is 1. The first-order valence-electron chi connectivity index (χ1n) is 8.62. The van der Waals surface area contributed by atoms with E-state index in [1.54, 1.807) is 35.2 Å². The molecule has 0 bridgehead atoms. The van der Waals surface area contributed by atoms with Crippen LogP contribution in [-0.4, -0.2) is 38.1 Å². The molecule has 2 aromatic carbocycles. The van der Waals surface area contributed by atoms with E-state index in [1.807, 2.05) is 26.0 Å². The second-order valence-corrected chi connectivity index (χ2v) is 9.47. The average molecular weight is 392 g/mol. The molecule has 4 nitrogen and oxygen atoms in total. The first-order valence-corrected chi connectivity index (χ1v) is 10.7. The van der Waals surface area contributed by atoms with Crippen LogP contribution in [0.4, 0.5) is 0 Å². The van der Waals surface area contributed by atoms with Crippen LogP contribution in [0.2, 0.25) is 5.02 Å². The number of halogens is 1. The fourth-order valence-electron chi connectivity index (χ4n) is 3.29. The number of carbonyl (C=O) groups excluding carboxylic acids is 1. The molecule has 1 aliphatic rings. The van der Waals surface area contributed by atoms with Gasteiger partial charge in [-0.25, -0.2) is 8.42 Å². The highest BCUT2D eigenvalue weighted by Crippen LogP contribution is 2.34. The highest BCUT2D eigenvalue weighted by atomic mass is 35.5. The third kappa shape index (κ3) is 3.79. The van der Waals surface area contributed by atoms with E-state index in [0.29, 0.717) is 29.1 Å². The van der Waals surface area contributed by atoms with Gasteiger partial charge in [0.2, 0.25) is 0 Å². The van der Waals surface area contributed by atoms with Crippen LogP contribution in [0.1, 0.15) is 38.7 Å². The normalized spacial score (nSPS) is 19.8. The van der Waals surface area contributed by atoms with Gasteiger partial charge in [-0.2, -0.15) is 0 Å². The maximum atomic E-state index is 12.8. The number of benzene rings is 2. The Labute approximate surface area is 159 Å². The van der Waals surface area contributed by atoms with E-state index >= 15 is 0 Å². The van der Waals surface area contributed by atoms with Crippen LogP contribution in [0.25, 0.3) is 0 Å². The predicted molar refractivity (Wildman–Crippen MR) is 104 cm³/mol. The Morgan fingerprint density at radius 1 is 1.08 bits per heavy atom. The molecule has 26 heavy (non-hydrogen) atoms. The van der Waals surface area contributed by atoms with Gasteiger partial charge in [0, 0.05) is 23.7 Å². The molecule has 6 heteroatoms. The van der Waals surface area contributed by atoms with Crippen molar-refractivity contribution in [1.82, 2.24) is 4.90 Å². The molecular weight excluding hydrogens is 370 g/mol. The Morgan fingerprint density at radius 2 is 1.81 bits per heavy atom. The van der Waals surface area contributed by atoms with Crippen LogP contribution in [0.5, 0.6) is 0 Å². The first kappa shape index (κ1) is 18.9. The average Bonchev–Trinajstić information content (AvgIpc) is 2.75. The lowest BCUT2D eigenvalue weighted by Crippen LogP contribution is -2.33. The fourth-order valence-corrected chi connectivity index (χ4v) is 5.44. The Morgan fingerprint density at radius 3 is 2.50 bits per heavy atom. The second-order valence-electron chi connectivity index (χ2n) is 6.76. The fraction of sp³-hybridized carbons (Fsp3) is 0.350. The highest BCUT2D eigenvalue weighted by Gasteiger charge is 2.33. The highest BCUT2D eigenvalue weighted by molar-refractivity contribution is 7.91. The van der Waals surface area contributed by atoms with Crippen LogP contribution in [-0.2, 0) is 9.84 Å². The van der Waals surface area contributed by atoms with Gasteiger partial charge in [-0.05, 0) is 55.2 Å². The van der Waals surface area contributed by atoms with E-state index < -0.39 is 15.1 Å². The quantitative estimate of drug-likeness (QED) is 0.778. The predicted octanol–water partition coefficient (Wildman–Crippen LogP) is 3.96. The van der Waals surface area contributed by atoms with Gasteiger partial charge in [-0.3, -0.25) is 4.79 Å². The minimum absolute atomic E-state index is 0.0561. The van der Waals surface area contributed by atoms with Gasteiger partial charge >= 0.3 is 0 Å². The van der Waals surface area contributed by atoms with Gasteiger partial charge in [-0.15, -0.1) is 0 Å². The minimum Gasteiger partial charge on any atom is -0.338 e. The standard InChI is InChI=1S/C20H22ClNO3S/c1-14-7-8-16(13-15(14)2)20(23)22-10-9-19(26(24,25)12-11-22)17-5-3-4-6-18(17)21/h3-8,13,19H,9-12H2,1-2H3. The maximum Gasteiger partial charge on any atom is 0.253 e. The van der Waals surface area contributed by atoms with E-state index in [2.05, 4.69) is 0 Å². The van der Waals surface area contributed by atoms with Gasteiger partial charge in [-0.1, -0.05) is 35.9 Å². The zero-order valence-electron chi connectivity index (χ0n) is 14.9. The Balaban J connectivity index is 1.85. The van der Waals surface area contributed by atoms with Gasteiger partial charge in [0.05, 0.1) is 11.0 Å². The molecule has 1 atom stereocenters. The Kier molecular flexibility index (Phi) is 5.39. The second kappa shape index (κ2) is 7.41. The lowest BCUT2D eigenvalue weighted by atomic mass is 10.0. The molecule has 138 valence electrons. The molecule has 1 unspecified atom stereocenters. The Hall–Kier alpha value is -1.85. The van der Waals surface area contributed by atoms with E-state index in [9.17, 15) is 13.2 Å². The number of hydrogen-bond donors (Lipinski definition) is 0. The number of carbonyl (C=O) groups is 1. The maximum absolute atomic E-state index is 12.8. The molecule has 0 aromatic heterocycles. The molecule has 1 saturated heterocycles. The molecule has 1 aliphatic heterocycles. The van der Waals surface area contributed by atoms with Crippen molar-refractivity contribution in [2.24, 2.45) is 0 Å². The van der Waals surface area contributed by atoms with Crippen molar-refractivity contribution in [3.63, 3.8) is 0 Å². The number of rotatable bonds is 2. The smallest absolute Gasteiger partial charge is 0.253 e. The summed E-state index contributed by atoms with van der Waals surface area (Å²) in [5.41, 5.74) is 3.39. The Bertz CT molecular complexity index is 940. The minimum atomic E-state index is -3.38. The summed E-state index contributed by atoms with van der Waals surface area (Å²) in [7, 11) is -3.38. The number of sulfone groups is 1. The van der Waals surface area contributed by atoms with Crippen molar-refractivity contribution in [3.8, 4) is 0 Å². The van der Waals surface area contributed by atoms with Crippen LogP contribution < -0.4 is 0 Å². The third-order valence-corrected chi connectivity index (χ3v) is 7.49. The summed E-state index contributed by atoms with van der Waals surface area (Å²) in [5, 5.41) is -0.219. The van der Waals surface area contributed by atoms with Gasteiger partial charge < -0.3 is 4.90 Å². The molecule has 3 rings (SSSR count). The molecule has 0 radical (unpaired) electrons. The van der Waals surface area contributed by atoms with Crippen LogP contribution in [0, 0.1) is 13.8 Å². The molecule has 0 saturated carbocycles.